The van der Waals surface area contributed by atoms with Crippen LogP contribution >= 0.6 is 11.3 Å². The molecule has 1 amide bonds. The zero-order valence-corrected chi connectivity index (χ0v) is 18.1. The average molecular weight is 423 g/mol. The van der Waals surface area contributed by atoms with Gasteiger partial charge in [0.15, 0.2) is 5.13 Å². The minimum atomic E-state index is -3.60. The van der Waals surface area contributed by atoms with Crippen LogP contribution in [-0.4, -0.2) is 56.9 Å². The zero-order valence-electron chi connectivity index (χ0n) is 16.4. The van der Waals surface area contributed by atoms with Crippen molar-refractivity contribution in [2.45, 2.75) is 32.1 Å². The number of carbonyl (C=O) groups excluding carboxylic acids is 1. The molecule has 0 saturated carbocycles. The number of sulfonamides is 1. The largest absolute Gasteiger partial charge is 0.346 e. The summed E-state index contributed by atoms with van der Waals surface area (Å²) in [6, 6.07) is 4.72. The number of benzene rings is 1. The van der Waals surface area contributed by atoms with Gasteiger partial charge in [-0.3, -0.25) is 4.79 Å². The number of rotatable bonds is 5. The topological polar surface area (TPSA) is 82.6 Å². The summed E-state index contributed by atoms with van der Waals surface area (Å²) in [6.45, 7) is 8.63. The molecule has 1 aromatic carbocycles. The number of hydrogen-bond acceptors (Lipinski definition) is 6. The standard InChI is InChI=1S/C19H26N4O3S2/c1-4-20-28(25,26)16-7-6-14(2)17(12-16)18(24)22-8-5-9-23(11-10-22)19-21-15(3)13-27-19/h6-7,12-13,20H,4-5,8-11H2,1-3H3. The Morgan fingerprint density at radius 1 is 1.21 bits per heavy atom. The van der Waals surface area contributed by atoms with Gasteiger partial charge in [0.05, 0.1) is 10.6 Å². The Bertz CT molecular complexity index is 956. The fraction of sp³-hybridized carbons (Fsp3) is 0.474. The molecule has 0 spiro atoms. The number of aromatic nitrogens is 1. The van der Waals surface area contributed by atoms with Gasteiger partial charge in [0.25, 0.3) is 5.91 Å². The van der Waals surface area contributed by atoms with Gasteiger partial charge < -0.3 is 9.80 Å². The molecule has 2 aromatic rings. The van der Waals surface area contributed by atoms with Crippen molar-refractivity contribution >= 4 is 32.4 Å². The van der Waals surface area contributed by atoms with Gasteiger partial charge in [-0.1, -0.05) is 13.0 Å². The van der Waals surface area contributed by atoms with Gasteiger partial charge in [-0.15, -0.1) is 11.3 Å². The summed E-state index contributed by atoms with van der Waals surface area (Å²) in [7, 11) is -3.60. The first-order valence-electron chi connectivity index (χ1n) is 9.38. The first kappa shape index (κ1) is 20.8. The lowest BCUT2D eigenvalue weighted by Crippen LogP contribution is -2.35. The second-order valence-electron chi connectivity index (χ2n) is 6.88. The molecule has 0 unspecified atom stereocenters. The fourth-order valence-corrected chi connectivity index (χ4v) is 5.16. The van der Waals surface area contributed by atoms with E-state index >= 15 is 0 Å². The lowest BCUT2D eigenvalue weighted by atomic mass is 10.1. The van der Waals surface area contributed by atoms with E-state index in [0.717, 1.165) is 29.4 Å². The maximum atomic E-state index is 13.1. The van der Waals surface area contributed by atoms with Crippen molar-refractivity contribution in [1.29, 1.82) is 0 Å². The highest BCUT2D eigenvalue weighted by molar-refractivity contribution is 7.89. The Morgan fingerprint density at radius 2 is 2.00 bits per heavy atom. The molecule has 1 aromatic heterocycles. The fourth-order valence-electron chi connectivity index (χ4n) is 3.24. The summed E-state index contributed by atoms with van der Waals surface area (Å²) in [5.41, 5.74) is 2.22. The molecule has 1 aliphatic rings. The van der Waals surface area contributed by atoms with E-state index in [2.05, 4.69) is 14.6 Å². The zero-order chi connectivity index (χ0) is 20.3. The molecule has 1 saturated heterocycles. The number of amides is 1. The van der Waals surface area contributed by atoms with E-state index in [0.29, 0.717) is 31.7 Å². The van der Waals surface area contributed by atoms with E-state index in [1.807, 2.05) is 24.1 Å². The molecule has 0 radical (unpaired) electrons. The van der Waals surface area contributed by atoms with E-state index in [4.69, 9.17) is 0 Å². The third-order valence-corrected chi connectivity index (χ3v) is 7.31. The normalized spacial score (nSPS) is 15.5. The quantitative estimate of drug-likeness (QED) is 0.800. The van der Waals surface area contributed by atoms with Gasteiger partial charge in [0.1, 0.15) is 0 Å². The van der Waals surface area contributed by atoms with Crippen molar-refractivity contribution in [3.8, 4) is 0 Å². The van der Waals surface area contributed by atoms with Crippen molar-refractivity contribution in [3.63, 3.8) is 0 Å². The number of aryl methyl sites for hydroxylation is 2. The Balaban J connectivity index is 1.78. The Morgan fingerprint density at radius 3 is 2.68 bits per heavy atom. The van der Waals surface area contributed by atoms with Crippen LogP contribution in [-0.2, 0) is 10.0 Å². The molecule has 1 aliphatic heterocycles. The van der Waals surface area contributed by atoms with Crippen LogP contribution in [0.2, 0.25) is 0 Å². The molecular formula is C19H26N4O3S2. The number of thiazole rings is 1. The summed E-state index contributed by atoms with van der Waals surface area (Å²) >= 11 is 1.62. The molecule has 9 heteroatoms. The summed E-state index contributed by atoms with van der Waals surface area (Å²) in [6.07, 6.45) is 0.846. The lowest BCUT2D eigenvalue weighted by molar-refractivity contribution is 0.0766. The molecule has 28 heavy (non-hydrogen) atoms. The number of hydrogen-bond donors (Lipinski definition) is 1. The first-order valence-corrected chi connectivity index (χ1v) is 11.7. The molecule has 1 fully saturated rings. The molecule has 152 valence electrons. The second-order valence-corrected chi connectivity index (χ2v) is 9.49. The summed E-state index contributed by atoms with van der Waals surface area (Å²) in [5.74, 6) is -0.122. The third kappa shape index (κ3) is 4.53. The molecule has 7 nitrogen and oxygen atoms in total. The predicted octanol–water partition coefficient (Wildman–Crippen LogP) is 2.41. The van der Waals surface area contributed by atoms with Crippen LogP contribution in [0.3, 0.4) is 0 Å². The number of carbonyl (C=O) groups is 1. The van der Waals surface area contributed by atoms with Crippen LogP contribution < -0.4 is 9.62 Å². The Kier molecular flexibility index (Phi) is 6.36. The molecular weight excluding hydrogens is 396 g/mol. The number of nitrogens with zero attached hydrogens (tertiary/aromatic N) is 3. The third-order valence-electron chi connectivity index (χ3n) is 4.74. The van der Waals surface area contributed by atoms with Crippen molar-refractivity contribution in [2.24, 2.45) is 0 Å². The molecule has 0 aliphatic carbocycles. The van der Waals surface area contributed by atoms with Crippen LogP contribution in [0.1, 0.15) is 35.0 Å². The van der Waals surface area contributed by atoms with E-state index in [1.54, 1.807) is 30.4 Å². The van der Waals surface area contributed by atoms with E-state index in [1.165, 1.54) is 6.07 Å². The van der Waals surface area contributed by atoms with E-state index in [9.17, 15) is 13.2 Å². The molecule has 3 rings (SSSR count). The average Bonchev–Trinajstić information content (AvgIpc) is 2.93. The van der Waals surface area contributed by atoms with Crippen molar-refractivity contribution < 1.29 is 13.2 Å². The lowest BCUT2D eigenvalue weighted by Gasteiger charge is -2.22. The maximum absolute atomic E-state index is 13.1. The van der Waals surface area contributed by atoms with Gasteiger partial charge in [0, 0.05) is 43.7 Å². The van der Waals surface area contributed by atoms with E-state index in [-0.39, 0.29) is 10.8 Å². The highest BCUT2D eigenvalue weighted by atomic mass is 32.2. The van der Waals surface area contributed by atoms with Gasteiger partial charge >= 0.3 is 0 Å². The monoisotopic (exact) mass is 422 g/mol. The molecule has 2 heterocycles. The Hall–Kier alpha value is -1.97. The van der Waals surface area contributed by atoms with Crippen molar-refractivity contribution in [2.75, 3.05) is 37.6 Å². The first-order chi connectivity index (χ1) is 13.3. The molecule has 1 N–H and O–H groups in total. The van der Waals surface area contributed by atoms with Crippen LogP contribution in [0, 0.1) is 13.8 Å². The van der Waals surface area contributed by atoms with Crippen LogP contribution in [0.15, 0.2) is 28.5 Å². The molecule has 0 bridgehead atoms. The highest BCUT2D eigenvalue weighted by Gasteiger charge is 2.24. The predicted molar refractivity (Wildman–Crippen MR) is 112 cm³/mol. The van der Waals surface area contributed by atoms with E-state index < -0.39 is 10.0 Å². The Labute approximate surface area is 170 Å². The molecule has 0 atom stereocenters. The smallest absolute Gasteiger partial charge is 0.254 e. The summed E-state index contributed by atoms with van der Waals surface area (Å²) in [4.78, 5) is 21.8. The van der Waals surface area contributed by atoms with Crippen LogP contribution in [0.5, 0.6) is 0 Å². The van der Waals surface area contributed by atoms with Crippen LogP contribution in [0.4, 0.5) is 5.13 Å². The minimum absolute atomic E-state index is 0.122. The number of anilines is 1. The highest BCUT2D eigenvalue weighted by Crippen LogP contribution is 2.23. The van der Waals surface area contributed by atoms with Crippen LogP contribution in [0.25, 0.3) is 0 Å². The minimum Gasteiger partial charge on any atom is -0.346 e. The number of nitrogens with one attached hydrogen (secondary N) is 1. The second kappa shape index (κ2) is 8.59. The van der Waals surface area contributed by atoms with Gasteiger partial charge in [0.2, 0.25) is 10.0 Å². The van der Waals surface area contributed by atoms with Crippen molar-refractivity contribution in [1.82, 2.24) is 14.6 Å². The van der Waals surface area contributed by atoms with Gasteiger partial charge in [-0.2, -0.15) is 0 Å². The summed E-state index contributed by atoms with van der Waals surface area (Å²) < 4.78 is 27.1. The van der Waals surface area contributed by atoms with Crippen molar-refractivity contribution in [3.05, 3.63) is 40.4 Å². The SMILES string of the molecule is CCNS(=O)(=O)c1ccc(C)c(C(=O)N2CCCN(c3nc(C)cs3)CC2)c1. The maximum Gasteiger partial charge on any atom is 0.254 e. The van der Waals surface area contributed by atoms with Gasteiger partial charge in [-0.05, 0) is 38.0 Å². The summed E-state index contributed by atoms with van der Waals surface area (Å²) in [5, 5.41) is 3.02. The van der Waals surface area contributed by atoms with Gasteiger partial charge in [-0.25, -0.2) is 18.1 Å².